The quantitative estimate of drug-likeness (QED) is 0.529. The molecular formula is C15H22N2O3. The van der Waals surface area contributed by atoms with Gasteiger partial charge in [-0.25, -0.2) is 4.79 Å². The predicted molar refractivity (Wildman–Crippen MR) is 79.0 cm³/mol. The Kier molecular flexibility index (Phi) is 6.73. The van der Waals surface area contributed by atoms with Crippen LogP contribution in [0.3, 0.4) is 0 Å². The number of rotatable bonds is 7. The van der Waals surface area contributed by atoms with Crippen LogP contribution in [0.4, 0.5) is 10.5 Å². The van der Waals surface area contributed by atoms with Gasteiger partial charge in [0.15, 0.2) is 5.78 Å². The fraction of sp³-hybridized carbons (Fsp3) is 0.467. The van der Waals surface area contributed by atoms with Crippen LogP contribution in [0.1, 0.15) is 37.0 Å². The van der Waals surface area contributed by atoms with Crippen molar-refractivity contribution < 1.29 is 14.7 Å². The van der Waals surface area contributed by atoms with Gasteiger partial charge in [0.1, 0.15) is 0 Å². The van der Waals surface area contributed by atoms with Crippen molar-refractivity contribution in [2.45, 2.75) is 26.7 Å². The molecule has 1 aromatic carbocycles. The number of aliphatic hydroxyl groups excluding tert-OH is 1. The highest BCUT2D eigenvalue weighted by molar-refractivity contribution is 5.95. The van der Waals surface area contributed by atoms with E-state index >= 15 is 0 Å². The van der Waals surface area contributed by atoms with Crippen molar-refractivity contribution >= 4 is 17.5 Å². The SMILES string of the molecule is CC(=O)c1ccc(NC(=O)NCCCC(C)CO)cc1. The molecule has 1 atom stereocenters. The smallest absolute Gasteiger partial charge is 0.319 e. The van der Waals surface area contributed by atoms with E-state index in [1.54, 1.807) is 24.3 Å². The maximum atomic E-state index is 11.6. The van der Waals surface area contributed by atoms with E-state index in [9.17, 15) is 9.59 Å². The highest BCUT2D eigenvalue weighted by Gasteiger charge is 2.04. The Morgan fingerprint density at radius 1 is 1.25 bits per heavy atom. The zero-order valence-electron chi connectivity index (χ0n) is 12.0. The number of hydrogen-bond acceptors (Lipinski definition) is 3. The number of aliphatic hydroxyl groups is 1. The van der Waals surface area contributed by atoms with Gasteiger partial charge in [0.05, 0.1) is 0 Å². The molecule has 0 saturated carbocycles. The lowest BCUT2D eigenvalue weighted by atomic mass is 10.1. The fourth-order valence-corrected chi connectivity index (χ4v) is 1.71. The third-order valence-electron chi connectivity index (χ3n) is 3.02. The minimum absolute atomic E-state index is 0.000922. The van der Waals surface area contributed by atoms with Crippen molar-refractivity contribution in [3.8, 4) is 0 Å². The molecule has 0 aromatic heterocycles. The Hall–Kier alpha value is -1.88. The topological polar surface area (TPSA) is 78.4 Å². The molecule has 1 rings (SSSR count). The molecule has 0 aliphatic rings. The zero-order valence-corrected chi connectivity index (χ0v) is 12.0. The lowest BCUT2D eigenvalue weighted by Gasteiger charge is -2.09. The summed E-state index contributed by atoms with van der Waals surface area (Å²) >= 11 is 0. The highest BCUT2D eigenvalue weighted by atomic mass is 16.3. The maximum Gasteiger partial charge on any atom is 0.319 e. The van der Waals surface area contributed by atoms with Gasteiger partial charge in [0.25, 0.3) is 0 Å². The van der Waals surface area contributed by atoms with Crippen LogP contribution in [0, 0.1) is 5.92 Å². The molecule has 1 aromatic rings. The number of Topliss-reactive ketones (excluding diaryl/α,β-unsaturated/α-hetero) is 1. The molecule has 2 amide bonds. The number of urea groups is 1. The summed E-state index contributed by atoms with van der Waals surface area (Å²) in [5.41, 5.74) is 1.27. The normalized spacial score (nSPS) is 11.8. The molecule has 0 fully saturated rings. The third kappa shape index (κ3) is 5.84. The molecule has 0 spiro atoms. The first-order chi connectivity index (χ1) is 9.52. The molecule has 3 N–H and O–H groups in total. The van der Waals surface area contributed by atoms with E-state index in [2.05, 4.69) is 10.6 Å². The lowest BCUT2D eigenvalue weighted by molar-refractivity contribution is 0.101. The van der Waals surface area contributed by atoms with Crippen LogP contribution in [-0.2, 0) is 0 Å². The largest absolute Gasteiger partial charge is 0.396 e. The van der Waals surface area contributed by atoms with Gasteiger partial charge in [-0.3, -0.25) is 4.79 Å². The first-order valence-electron chi connectivity index (χ1n) is 6.79. The van der Waals surface area contributed by atoms with Crippen LogP contribution in [0.25, 0.3) is 0 Å². The number of ketones is 1. The second-order valence-electron chi connectivity index (χ2n) is 4.94. The molecule has 5 nitrogen and oxygen atoms in total. The Balaban J connectivity index is 2.30. The molecule has 5 heteroatoms. The molecule has 20 heavy (non-hydrogen) atoms. The molecule has 1 unspecified atom stereocenters. The van der Waals surface area contributed by atoms with E-state index in [0.717, 1.165) is 12.8 Å². The van der Waals surface area contributed by atoms with Gasteiger partial charge in [-0.05, 0) is 49.9 Å². The molecule has 0 aliphatic carbocycles. The van der Waals surface area contributed by atoms with Gasteiger partial charge >= 0.3 is 6.03 Å². The Morgan fingerprint density at radius 3 is 2.45 bits per heavy atom. The van der Waals surface area contributed by atoms with Gasteiger partial charge in [-0.1, -0.05) is 6.92 Å². The Morgan fingerprint density at radius 2 is 1.90 bits per heavy atom. The molecule has 0 saturated heterocycles. The summed E-state index contributed by atoms with van der Waals surface area (Å²) in [6.45, 7) is 4.22. The van der Waals surface area contributed by atoms with Gasteiger partial charge in [0.2, 0.25) is 0 Å². The van der Waals surface area contributed by atoms with Crippen LogP contribution < -0.4 is 10.6 Å². The minimum Gasteiger partial charge on any atom is -0.396 e. The van der Waals surface area contributed by atoms with Crippen molar-refractivity contribution in [3.05, 3.63) is 29.8 Å². The molecule has 0 aliphatic heterocycles. The molecule has 0 bridgehead atoms. The van der Waals surface area contributed by atoms with Gasteiger partial charge in [0, 0.05) is 24.4 Å². The maximum absolute atomic E-state index is 11.6. The molecule has 0 heterocycles. The van der Waals surface area contributed by atoms with Crippen LogP contribution in [0.5, 0.6) is 0 Å². The standard InChI is InChI=1S/C15H22N2O3/c1-11(10-18)4-3-9-16-15(20)17-14-7-5-13(6-8-14)12(2)19/h5-8,11,18H,3-4,9-10H2,1-2H3,(H2,16,17,20). The summed E-state index contributed by atoms with van der Waals surface area (Å²) in [4.78, 5) is 22.7. The average molecular weight is 278 g/mol. The van der Waals surface area contributed by atoms with Crippen molar-refractivity contribution in [2.24, 2.45) is 5.92 Å². The van der Waals surface area contributed by atoms with Gasteiger partial charge in [-0.2, -0.15) is 0 Å². The minimum atomic E-state index is -0.266. The predicted octanol–water partition coefficient (Wildman–Crippen LogP) is 2.42. The van der Waals surface area contributed by atoms with E-state index < -0.39 is 0 Å². The number of benzene rings is 1. The number of hydrogen-bond donors (Lipinski definition) is 3. The van der Waals surface area contributed by atoms with E-state index in [1.807, 2.05) is 6.92 Å². The second kappa shape index (κ2) is 8.32. The van der Waals surface area contributed by atoms with Crippen LogP contribution in [0.2, 0.25) is 0 Å². The first kappa shape index (κ1) is 16.2. The fourth-order valence-electron chi connectivity index (χ4n) is 1.71. The third-order valence-corrected chi connectivity index (χ3v) is 3.02. The Bertz CT molecular complexity index is 443. The second-order valence-corrected chi connectivity index (χ2v) is 4.94. The summed E-state index contributed by atoms with van der Waals surface area (Å²) in [6.07, 6.45) is 1.71. The van der Waals surface area contributed by atoms with Crippen molar-refractivity contribution in [2.75, 3.05) is 18.5 Å². The summed E-state index contributed by atoms with van der Waals surface area (Å²) in [6, 6.07) is 6.49. The van der Waals surface area contributed by atoms with E-state index in [4.69, 9.17) is 5.11 Å². The number of carbonyl (C=O) groups excluding carboxylic acids is 2. The van der Waals surface area contributed by atoms with Gasteiger partial charge < -0.3 is 15.7 Å². The van der Waals surface area contributed by atoms with Crippen LogP contribution in [-0.4, -0.2) is 30.1 Å². The van der Waals surface area contributed by atoms with E-state index in [-0.39, 0.29) is 24.3 Å². The Labute approximate surface area is 119 Å². The summed E-state index contributed by atoms with van der Waals surface area (Å²) < 4.78 is 0. The first-order valence-corrected chi connectivity index (χ1v) is 6.79. The number of amides is 2. The average Bonchev–Trinajstić information content (AvgIpc) is 2.43. The van der Waals surface area contributed by atoms with Gasteiger partial charge in [-0.15, -0.1) is 0 Å². The van der Waals surface area contributed by atoms with Crippen LogP contribution in [0.15, 0.2) is 24.3 Å². The summed E-state index contributed by atoms with van der Waals surface area (Å²) in [5, 5.41) is 14.3. The molecule has 0 radical (unpaired) electrons. The van der Waals surface area contributed by atoms with Crippen molar-refractivity contribution in [1.82, 2.24) is 5.32 Å². The van der Waals surface area contributed by atoms with E-state index in [1.165, 1.54) is 6.92 Å². The lowest BCUT2D eigenvalue weighted by Crippen LogP contribution is -2.29. The zero-order chi connectivity index (χ0) is 15.0. The van der Waals surface area contributed by atoms with Crippen LogP contribution >= 0.6 is 0 Å². The number of anilines is 1. The number of carbonyl (C=O) groups is 2. The van der Waals surface area contributed by atoms with E-state index in [0.29, 0.717) is 17.8 Å². The highest BCUT2D eigenvalue weighted by Crippen LogP contribution is 2.09. The van der Waals surface area contributed by atoms with Crippen molar-refractivity contribution in [1.29, 1.82) is 0 Å². The summed E-state index contributed by atoms with van der Waals surface area (Å²) in [5.74, 6) is 0.262. The molecular weight excluding hydrogens is 256 g/mol. The number of nitrogens with one attached hydrogen (secondary N) is 2. The monoisotopic (exact) mass is 278 g/mol. The van der Waals surface area contributed by atoms with Crippen molar-refractivity contribution in [3.63, 3.8) is 0 Å². The molecule has 110 valence electrons. The summed E-state index contributed by atoms with van der Waals surface area (Å²) in [7, 11) is 0.